The van der Waals surface area contributed by atoms with Gasteiger partial charge >= 0.3 is 0 Å². The van der Waals surface area contributed by atoms with Crippen LogP contribution in [-0.4, -0.2) is 29.3 Å². The van der Waals surface area contributed by atoms with Crippen molar-refractivity contribution in [3.63, 3.8) is 0 Å². The molecular formula is C22H20N2O2. The third-order valence-corrected chi connectivity index (χ3v) is 4.90. The van der Waals surface area contributed by atoms with E-state index in [1.165, 1.54) is 0 Å². The van der Waals surface area contributed by atoms with Crippen molar-refractivity contribution in [2.75, 3.05) is 7.11 Å². The van der Waals surface area contributed by atoms with Crippen molar-refractivity contribution in [2.24, 2.45) is 4.99 Å². The monoisotopic (exact) mass is 344 g/mol. The Kier molecular flexibility index (Phi) is 4.17. The summed E-state index contributed by atoms with van der Waals surface area (Å²) in [6.45, 7) is 0. The van der Waals surface area contributed by atoms with Gasteiger partial charge in [0.2, 0.25) is 0 Å². The number of hydrogen-bond acceptors (Lipinski definition) is 3. The molecule has 4 nitrogen and oxygen atoms in total. The molecule has 1 amide bonds. The Balaban J connectivity index is 1.78. The maximum absolute atomic E-state index is 13.2. The van der Waals surface area contributed by atoms with E-state index in [-0.39, 0.29) is 5.91 Å². The Labute approximate surface area is 153 Å². The van der Waals surface area contributed by atoms with Gasteiger partial charge in [-0.15, -0.1) is 0 Å². The molecule has 0 aromatic heterocycles. The quantitative estimate of drug-likeness (QED) is 0.833. The van der Waals surface area contributed by atoms with E-state index in [2.05, 4.69) is 29.3 Å². The van der Waals surface area contributed by atoms with Gasteiger partial charge in [0.1, 0.15) is 5.54 Å². The average molecular weight is 344 g/mol. The summed E-state index contributed by atoms with van der Waals surface area (Å²) in [7, 11) is 1.60. The number of allylic oxidation sites excluding steroid dienone is 2. The van der Waals surface area contributed by atoms with Crippen molar-refractivity contribution < 1.29 is 9.53 Å². The summed E-state index contributed by atoms with van der Waals surface area (Å²) in [5.74, 6) is 1.07. The summed E-state index contributed by atoms with van der Waals surface area (Å²) >= 11 is 0. The zero-order chi connectivity index (χ0) is 18.0. The lowest BCUT2D eigenvalue weighted by Crippen LogP contribution is -2.53. The first-order chi connectivity index (χ1) is 12.7. The van der Waals surface area contributed by atoms with Gasteiger partial charge < -0.3 is 9.64 Å². The number of rotatable bonds is 5. The highest BCUT2D eigenvalue weighted by atomic mass is 16.5. The van der Waals surface area contributed by atoms with E-state index < -0.39 is 5.54 Å². The van der Waals surface area contributed by atoms with Crippen molar-refractivity contribution in [3.8, 4) is 0 Å². The van der Waals surface area contributed by atoms with Crippen LogP contribution in [0, 0.1) is 0 Å². The zero-order valence-electron chi connectivity index (χ0n) is 14.6. The number of ether oxygens (including phenoxy) is 1. The van der Waals surface area contributed by atoms with Crippen LogP contribution < -0.4 is 0 Å². The highest BCUT2D eigenvalue weighted by Crippen LogP contribution is 2.36. The summed E-state index contributed by atoms with van der Waals surface area (Å²) in [5.41, 5.74) is 1.43. The van der Waals surface area contributed by atoms with Gasteiger partial charge in [-0.05, 0) is 23.3 Å². The molecule has 0 aliphatic carbocycles. The van der Waals surface area contributed by atoms with Gasteiger partial charge in [0.25, 0.3) is 5.91 Å². The minimum absolute atomic E-state index is 0.130. The second-order valence-electron chi connectivity index (χ2n) is 6.54. The summed E-state index contributed by atoms with van der Waals surface area (Å²) in [6, 6.07) is 20.2. The van der Waals surface area contributed by atoms with Gasteiger partial charge in [0.05, 0.1) is 7.11 Å². The number of amides is 1. The number of methoxy groups -OCH3 is 1. The van der Waals surface area contributed by atoms with Gasteiger partial charge in [0, 0.05) is 19.0 Å². The Bertz CT molecular complexity index is 857. The molecular weight excluding hydrogens is 324 g/mol. The van der Waals surface area contributed by atoms with E-state index in [4.69, 9.17) is 4.74 Å². The number of benzene rings is 2. The predicted octanol–water partition coefficient (Wildman–Crippen LogP) is 3.51. The van der Waals surface area contributed by atoms with Crippen molar-refractivity contribution >= 4 is 11.7 Å². The molecule has 2 aliphatic heterocycles. The SMILES string of the molecule is COC1=CC=CN2C1=NC(=O)C2(Cc1ccccc1)Cc1ccccc1. The van der Waals surface area contributed by atoms with E-state index in [1.807, 2.05) is 59.7 Å². The molecule has 0 saturated heterocycles. The minimum Gasteiger partial charge on any atom is -0.493 e. The van der Waals surface area contributed by atoms with Crippen molar-refractivity contribution in [1.82, 2.24) is 4.90 Å². The van der Waals surface area contributed by atoms with Gasteiger partial charge in [-0.1, -0.05) is 60.7 Å². The number of carbonyl (C=O) groups excluding carboxylic acids is 1. The summed E-state index contributed by atoms with van der Waals surface area (Å²) in [5, 5.41) is 0. The van der Waals surface area contributed by atoms with Crippen molar-refractivity contribution in [2.45, 2.75) is 18.4 Å². The van der Waals surface area contributed by atoms with Crippen LogP contribution in [0.25, 0.3) is 0 Å². The smallest absolute Gasteiger partial charge is 0.274 e. The molecule has 2 heterocycles. The molecule has 0 saturated carbocycles. The highest BCUT2D eigenvalue weighted by molar-refractivity contribution is 6.14. The minimum atomic E-state index is -0.785. The Morgan fingerprint density at radius 1 is 0.962 bits per heavy atom. The van der Waals surface area contributed by atoms with Gasteiger partial charge in [-0.2, -0.15) is 4.99 Å². The number of nitrogens with zero attached hydrogens (tertiary/aromatic N) is 2. The Morgan fingerprint density at radius 3 is 2.08 bits per heavy atom. The largest absolute Gasteiger partial charge is 0.493 e. The molecule has 4 heteroatoms. The summed E-state index contributed by atoms with van der Waals surface area (Å²) < 4.78 is 5.43. The fourth-order valence-electron chi connectivity index (χ4n) is 3.65. The van der Waals surface area contributed by atoms with Gasteiger partial charge in [-0.25, -0.2) is 0 Å². The second kappa shape index (κ2) is 6.64. The lowest BCUT2D eigenvalue weighted by molar-refractivity contribution is -0.124. The van der Waals surface area contributed by atoms with E-state index in [9.17, 15) is 4.79 Å². The van der Waals surface area contributed by atoms with Crippen molar-refractivity contribution in [1.29, 1.82) is 0 Å². The lowest BCUT2D eigenvalue weighted by atomic mass is 9.83. The molecule has 2 aliphatic rings. The standard InChI is InChI=1S/C22H20N2O2/c1-26-19-13-8-14-24-20(19)23-21(25)22(24,15-17-9-4-2-5-10-17)16-18-11-6-3-7-12-18/h2-14H,15-16H2,1H3. The molecule has 2 aromatic carbocycles. The molecule has 0 spiro atoms. The molecule has 130 valence electrons. The Hall–Kier alpha value is -3.14. The van der Waals surface area contributed by atoms with Crippen LogP contribution in [0.5, 0.6) is 0 Å². The molecule has 0 fully saturated rings. The van der Waals surface area contributed by atoms with E-state index >= 15 is 0 Å². The van der Waals surface area contributed by atoms with E-state index in [0.29, 0.717) is 24.4 Å². The first kappa shape index (κ1) is 16.3. The van der Waals surface area contributed by atoms with Gasteiger partial charge in [0.15, 0.2) is 11.6 Å². The van der Waals surface area contributed by atoms with Crippen LogP contribution in [0.2, 0.25) is 0 Å². The second-order valence-corrected chi connectivity index (χ2v) is 6.54. The third-order valence-electron chi connectivity index (χ3n) is 4.90. The highest BCUT2D eigenvalue weighted by Gasteiger charge is 2.51. The zero-order valence-corrected chi connectivity index (χ0v) is 14.6. The van der Waals surface area contributed by atoms with Gasteiger partial charge in [-0.3, -0.25) is 4.79 Å². The Morgan fingerprint density at radius 2 is 1.54 bits per heavy atom. The maximum Gasteiger partial charge on any atom is 0.274 e. The number of carbonyl (C=O) groups is 1. The summed E-state index contributed by atoms with van der Waals surface area (Å²) in [6.07, 6.45) is 6.83. The normalized spacial score (nSPS) is 17.6. The third kappa shape index (κ3) is 2.73. The first-order valence-electron chi connectivity index (χ1n) is 8.66. The van der Waals surface area contributed by atoms with Crippen LogP contribution in [0.4, 0.5) is 0 Å². The predicted molar refractivity (Wildman–Crippen MR) is 102 cm³/mol. The molecule has 26 heavy (non-hydrogen) atoms. The van der Waals surface area contributed by atoms with Crippen LogP contribution in [0.1, 0.15) is 11.1 Å². The molecule has 4 rings (SSSR count). The van der Waals surface area contributed by atoms with Crippen LogP contribution >= 0.6 is 0 Å². The molecule has 0 unspecified atom stereocenters. The number of amidine groups is 1. The number of hydrogen-bond donors (Lipinski definition) is 0. The number of fused-ring (bicyclic) bond motifs is 1. The molecule has 2 aromatic rings. The number of aliphatic imine (C=N–C) groups is 1. The fourth-order valence-corrected chi connectivity index (χ4v) is 3.65. The molecule has 0 radical (unpaired) electrons. The topological polar surface area (TPSA) is 41.9 Å². The molecule has 0 atom stereocenters. The van der Waals surface area contributed by atoms with E-state index in [1.54, 1.807) is 7.11 Å². The summed E-state index contributed by atoms with van der Waals surface area (Å²) in [4.78, 5) is 19.5. The van der Waals surface area contributed by atoms with E-state index in [0.717, 1.165) is 11.1 Å². The molecule has 0 bridgehead atoms. The maximum atomic E-state index is 13.2. The fraction of sp³-hybridized carbons (Fsp3) is 0.182. The van der Waals surface area contributed by atoms with Crippen molar-refractivity contribution in [3.05, 3.63) is 95.9 Å². The van der Waals surface area contributed by atoms with Crippen LogP contribution in [0.15, 0.2) is 89.8 Å². The lowest BCUT2D eigenvalue weighted by Gasteiger charge is -2.37. The van der Waals surface area contributed by atoms with Crippen LogP contribution in [0.3, 0.4) is 0 Å². The van der Waals surface area contributed by atoms with Crippen LogP contribution in [-0.2, 0) is 22.4 Å². The average Bonchev–Trinajstić information content (AvgIpc) is 2.95. The first-order valence-corrected chi connectivity index (χ1v) is 8.66. The molecule has 0 N–H and O–H groups in total.